The van der Waals surface area contributed by atoms with Crippen LogP contribution in [0.5, 0.6) is 5.75 Å². The van der Waals surface area contributed by atoms with E-state index in [9.17, 15) is 10.1 Å². The lowest BCUT2D eigenvalue weighted by Crippen LogP contribution is -2.60. The van der Waals surface area contributed by atoms with Crippen molar-refractivity contribution in [2.24, 2.45) is 23.7 Å². The maximum Gasteiger partial charge on any atom is 0.280 e. The summed E-state index contributed by atoms with van der Waals surface area (Å²) in [5.74, 6) is 3.65. The molecule has 4 heteroatoms. The third-order valence-electron chi connectivity index (χ3n) is 6.45. The van der Waals surface area contributed by atoms with E-state index in [4.69, 9.17) is 4.74 Å². The average molecular weight is 297 g/mol. The lowest BCUT2D eigenvalue weighted by atomic mass is 9.49. The largest absolute Gasteiger partial charge is 0.482 e. The van der Waals surface area contributed by atoms with Crippen LogP contribution < -0.4 is 4.74 Å². The number of hydrogen-bond donors (Lipinski definition) is 0. The van der Waals surface area contributed by atoms with Gasteiger partial charge in [0.25, 0.3) is 5.69 Å². The quantitative estimate of drug-likeness (QED) is 0.576. The number of ether oxygens (including phenoxy) is 1. The Hall–Kier alpha value is -1.84. The Kier molecular flexibility index (Phi) is 2.37. The highest BCUT2D eigenvalue weighted by Gasteiger charge is 2.58. The fourth-order valence-electron chi connectivity index (χ4n) is 5.75. The van der Waals surface area contributed by atoms with Gasteiger partial charge in [0.15, 0.2) is 0 Å². The SMILES string of the molecule is O=[N+]([O-])c1cccc2c1C=CC1(O2)C2CC3CC(C2)CC1C3. The van der Waals surface area contributed by atoms with Gasteiger partial charge < -0.3 is 4.74 Å². The molecule has 1 aromatic rings. The molecule has 0 atom stereocenters. The summed E-state index contributed by atoms with van der Waals surface area (Å²) < 4.78 is 6.50. The summed E-state index contributed by atoms with van der Waals surface area (Å²) in [6.45, 7) is 0. The minimum Gasteiger partial charge on any atom is -0.482 e. The summed E-state index contributed by atoms with van der Waals surface area (Å²) in [7, 11) is 0. The first-order valence-corrected chi connectivity index (χ1v) is 8.31. The van der Waals surface area contributed by atoms with Gasteiger partial charge >= 0.3 is 0 Å². The van der Waals surface area contributed by atoms with Crippen molar-refractivity contribution < 1.29 is 9.66 Å². The van der Waals surface area contributed by atoms with Crippen LogP contribution in [0.25, 0.3) is 6.08 Å². The summed E-state index contributed by atoms with van der Waals surface area (Å²) in [4.78, 5) is 10.9. The zero-order valence-corrected chi connectivity index (χ0v) is 12.4. The van der Waals surface area contributed by atoms with Gasteiger partial charge in [-0.1, -0.05) is 6.07 Å². The fourth-order valence-corrected chi connectivity index (χ4v) is 5.75. The van der Waals surface area contributed by atoms with E-state index >= 15 is 0 Å². The minimum atomic E-state index is -0.318. The fraction of sp³-hybridized carbons (Fsp3) is 0.556. The third-order valence-corrected chi connectivity index (χ3v) is 6.45. The van der Waals surface area contributed by atoms with Crippen molar-refractivity contribution >= 4 is 11.8 Å². The summed E-state index contributed by atoms with van der Waals surface area (Å²) in [5.41, 5.74) is 0.578. The first kappa shape index (κ1) is 12.7. The molecule has 1 spiro atoms. The van der Waals surface area contributed by atoms with E-state index in [-0.39, 0.29) is 16.2 Å². The molecule has 22 heavy (non-hydrogen) atoms. The maximum absolute atomic E-state index is 11.2. The monoisotopic (exact) mass is 297 g/mol. The Bertz CT molecular complexity index is 666. The molecule has 0 N–H and O–H groups in total. The molecule has 4 fully saturated rings. The van der Waals surface area contributed by atoms with E-state index < -0.39 is 0 Å². The standard InChI is InChI=1S/C18H19NO3/c20-19(21)16-2-1-3-17-15(16)4-5-18(22-17)13-7-11-6-12(9-13)10-14(18)8-11/h1-5,11-14H,6-10H2. The molecule has 1 aliphatic heterocycles. The zero-order chi connectivity index (χ0) is 14.9. The molecule has 4 bridgehead atoms. The lowest BCUT2D eigenvalue weighted by molar-refractivity contribution is -0.385. The van der Waals surface area contributed by atoms with Crippen LogP contribution in [0.4, 0.5) is 5.69 Å². The van der Waals surface area contributed by atoms with Crippen LogP contribution in [0.15, 0.2) is 24.3 Å². The summed E-state index contributed by atoms with van der Waals surface area (Å²) in [6, 6.07) is 5.18. The summed E-state index contributed by atoms with van der Waals surface area (Å²) in [5, 5.41) is 11.2. The van der Waals surface area contributed by atoms with Gasteiger partial charge in [0.2, 0.25) is 0 Å². The first-order valence-electron chi connectivity index (χ1n) is 8.31. The average Bonchev–Trinajstić information content (AvgIpc) is 2.51. The predicted molar refractivity (Wildman–Crippen MR) is 82.5 cm³/mol. The molecule has 4 aliphatic carbocycles. The Morgan fingerprint density at radius 2 is 1.77 bits per heavy atom. The molecule has 0 unspecified atom stereocenters. The minimum absolute atomic E-state index is 0.146. The van der Waals surface area contributed by atoms with E-state index in [1.165, 1.54) is 32.1 Å². The van der Waals surface area contributed by atoms with E-state index in [2.05, 4.69) is 6.08 Å². The van der Waals surface area contributed by atoms with Gasteiger partial charge in [-0.25, -0.2) is 0 Å². The van der Waals surface area contributed by atoms with Crippen molar-refractivity contribution in [3.05, 3.63) is 40.0 Å². The number of nitro benzene ring substituents is 1. The van der Waals surface area contributed by atoms with Gasteiger partial charge in [-0.05, 0) is 62.2 Å². The van der Waals surface area contributed by atoms with Crippen molar-refractivity contribution in [1.29, 1.82) is 0 Å². The number of nitro groups is 1. The highest BCUT2D eigenvalue weighted by molar-refractivity contribution is 5.70. The molecular formula is C18H19NO3. The Labute approximate surface area is 129 Å². The van der Waals surface area contributed by atoms with Crippen molar-refractivity contribution in [3.8, 4) is 5.75 Å². The van der Waals surface area contributed by atoms with Crippen LogP contribution in [0.2, 0.25) is 0 Å². The van der Waals surface area contributed by atoms with Crippen molar-refractivity contribution in [3.63, 3.8) is 0 Å². The second-order valence-corrected chi connectivity index (χ2v) is 7.54. The number of fused-ring (bicyclic) bond motifs is 1. The van der Waals surface area contributed by atoms with Crippen LogP contribution in [0.3, 0.4) is 0 Å². The molecule has 1 heterocycles. The van der Waals surface area contributed by atoms with Gasteiger partial charge in [0, 0.05) is 17.9 Å². The van der Waals surface area contributed by atoms with Gasteiger partial charge in [-0.2, -0.15) is 0 Å². The topological polar surface area (TPSA) is 52.4 Å². The molecule has 0 radical (unpaired) electrons. The number of nitrogens with zero attached hydrogens (tertiary/aromatic N) is 1. The van der Waals surface area contributed by atoms with E-state index in [1.807, 2.05) is 12.1 Å². The lowest BCUT2D eigenvalue weighted by Gasteiger charge is -2.60. The van der Waals surface area contributed by atoms with Crippen LogP contribution in [-0.2, 0) is 0 Å². The molecule has 0 amide bonds. The highest BCUT2D eigenvalue weighted by Crippen LogP contribution is 2.61. The molecule has 0 aromatic heterocycles. The normalized spacial score (nSPS) is 40.5. The molecule has 4 saturated carbocycles. The third kappa shape index (κ3) is 1.53. The molecule has 5 aliphatic rings. The number of benzene rings is 1. The van der Waals surface area contributed by atoms with Crippen LogP contribution in [-0.4, -0.2) is 10.5 Å². The summed E-state index contributed by atoms with van der Waals surface area (Å²) >= 11 is 0. The van der Waals surface area contributed by atoms with Crippen LogP contribution in [0.1, 0.15) is 37.7 Å². The Morgan fingerprint density at radius 3 is 2.41 bits per heavy atom. The molecule has 1 aromatic carbocycles. The molecule has 6 rings (SSSR count). The highest BCUT2D eigenvalue weighted by atomic mass is 16.6. The van der Waals surface area contributed by atoms with Gasteiger partial charge in [0.05, 0.1) is 10.5 Å². The van der Waals surface area contributed by atoms with E-state index in [1.54, 1.807) is 12.1 Å². The molecule has 4 nitrogen and oxygen atoms in total. The van der Waals surface area contributed by atoms with Crippen LogP contribution in [0, 0.1) is 33.8 Å². The van der Waals surface area contributed by atoms with E-state index in [0.29, 0.717) is 23.1 Å². The number of rotatable bonds is 1. The first-order chi connectivity index (χ1) is 10.7. The Balaban J connectivity index is 1.59. The van der Waals surface area contributed by atoms with Gasteiger partial charge in [-0.15, -0.1) is 0 Å². The zero-order valence-electron chi connectivity index (χ0n) is 12.4. The van der Waals surface area contributed by atoms with Crippen molar-refractivity contribution in [2.75, 3.05) is 0 Å². The predicted octanol–water partition coefficient (Wildman–Crippen LogP) is 4.20. The smallest absolute Gasteiger partial charge is 0.280 e. The van der Waals surface area contributed by atoms with Crippen LogP contribution >= 0.6 is 0 Å². The van der Waals surface area contributed by atoms with Crippen molar-refractivity contribution in [1.82, 2.24) is 0 Å². The van der Waals surface area contributed by atoms with E-state index in [0.717, 1.165) is 11.8 Å². The molecular weight excluding hydrogens is 278 g/mol. The van der Waals surface area contributed by atoms with Crippen molar-refractivity contribution in [2.45, 2.75) is 37.7 Å². The van der Waals surface area contributed by atoms with Gasteiger partial charge in [0.1, 0.15) is 11.4 Å². The number of hydrogen-bond acceptors (Lipinski definition) is 3. The Morgan fingerprint density at radius 1 is 1.09 bits per heavy atom. The molecule has 114 valence electrons. The second kappa shape index (κ2) is 4.12. The molecule has 0 saturated heterocycles. The second-order valence-electron chi connectivity index (χ2n) is 7.54. The summed E-state index contributed by atoms with van der Waals surface area (Å²) in [6.07, 6.45) is 10.6. The van der Waals surface area contributed by atoms with Gasteiger partial charge in [-0.3, -0.25) is 10.1 Å². The maximum atomic E-state index is 11.2.